The van der Waals surface area contributed by atoms with E-state index < -0.39 is 66.8 Å². The number of imidazole rings is 1. The van der Waals surface area contributed by atoms with Gasteiger partial charge >= 0.3 is 0 Å². The molecule has 258 valence electrons. The average Bonchev–Trinajstić information content (AvgIpc) is 3.78. The second-order valence-electron chi connectivity index (χ2n) is 13.0. The van der Waals surface area contributed by atoms with Crippen molar-refractivity contribution in [3.63, 3.8) is 0 Å². The van der Waals surface area contributed by atoms with Crippen LogP contribution >= 0.6 is 0 Å². The number of aromatic nitrogens is 3. The molecule has 6 rings (SSSR count). The molecule has 2 aromatic carbocycles. The maximum absolute atomic E-state index is 15.0. The van der Waals surface area contributed by atoms with Crippen LogP contribution in [0.15, 0.2) is 36.4 Å². The maximum Gasteiger partial charge on any atom is 0.267 e. The Kier molecular flexibility index (Phi) is 9.24. The van der Waals surface area contributed by atoms with Crippen molar-refractivity contribution in [2.45, 2.75) is 88.8 Å². The summed E-state index contributed by atoms with van der Waals surface area (Å²) in [5, 5.41) is 3.61. The molecule has 0 bridgehead atoms. The number of alkyl halides is 3. The summed E-state index contributed by atoms with van der Waals surface area (Å²) >= 11 is 0. The lowest BCUT2D eigenvalue weighted by molar-refractivity contribution is -0.135. The zero-order valence-corrected chi connectivity index (χ0v) is 27.1. The van der Waals surface area contributed by atoms with Crippen LogP contribution in [0.25, 0.3) is 33.5 Å². The first-order valence-corrected chi connectivity index (χ1v) is 16.4. The van der Waals surface area contributed by atoms with E-state index in [9.17, 15) is 31.5 Å². The van der Waals surface area contributed by atoms with E-state index in [2.05, 4.69) is 10.3 Å². The number of halogens is 5. The summed E-state index contributed by atoms with van der Waals surface area (Å²) < 4.78 is 75.4. The number of hydrogen-bond donors (Lipinski definition) is 3. The Hall–Kier alpha value is -4.04. The standard InChI is InChI=1S/C34H40F5N7O2/c1-4-25(40)32(47)46-17-34(38,39)14-22(46)16-45-29-9-7-19(36)12-28(29)43-31(45)30-24(23-8-6-18(35)11-27(23)42-30)13-21-10-20(37)15-44(21)33(48)26(5-2)41-3/h6-9,11-12,20-22,25-26,41-42H,4-5,10,13-17,40H2,1-3H3. The lowest BCUT2D eigenvalue weighted by atomic mass is 9.99. The Labute approximate surface area is 274 Å². The number of amides is 2. The molecule has 2 fully saturated rings. The van der Waals surface area contributed by atoms with Gasteiger partial charge in [0.15, 0.2) is 5.82 Å². The van der Waals surface area contributed by atoms with E-state index in [0.29, 0.717) is 34.1 Å². The van der Waals surface area contributed by atoms with Gasteiger partial charge in [-0.05, 0) is 62.2 Å². The molecular weight excluding hydrogens is 633 g/mol. The summed E-state index contributed by atoms with van der Waals surface area (Å²) in [6.07, 6.45) is -0.795. The predicted molar refractivity (Wildman–Crippen MR) is 172 cm³/mol. The van der Waals surface area contributed by atoms with Crippen LogP contribution in [-0.2, 0) is 22.6 Å². The Balaban J connectivity index is 1.48. The molecule has 4 heterocycles. The van der Waals surface area contributed by atoms with Crippen LogP contribution in [0.4, 0.5) is 22.0 Å². The number of rotatable bonds is 10. The van der Waals surface area contributed by atoms with Gasteiger partial charge in [0.05, 0.1) is 47.9 Å². The highest BCUT2D eigenvalue weighted by molar-refractivity contribution is 5.92. The summed E-state index contributed by atoms with van der Waals surface area (Å²) in [4.78, 5) is 37.2. The van der Waals surface area contributed by atoms with E-state index in [1.54, 1.807) is 29.5 Å². The zero-order valence-electron chi connectivity index (χ0n) is 27.1. The molecule has 0 saturated carbocycles. The second kappa shape index (κ2) is 13.1. The molecule has 4 aromatic rings. The van der Waals surface area contributed by atoms with Gasteiger partial charge in [0.25, 0.3) is 5.92 Å². The molecule has 2 aliphatic heterocycles. The molecule has 4 N–H and O–H groups in total. The Morgan fingerprint density at radius 3 is 2.50 bits per heavy atom. The molecule has 0 radical (unpaired) electrons. The van der Waals surface area contributed by atoms with E-state index in [1.165, 1.54) is 30.3 Å². The minimum absolute atomic E-state index is 0.0640. The van der Waals surface area contributed by atoms with E-state index >= 15 is 0 Å². The Bertz CT molecular complexity index is 1840. The van der Waals surface area contributed by atoms with Gasteiger partial charge in [0.2, 0.25) is 11.8 Å². The fourth-order valence-electron chi connectivity index (χ4n) is 7.29. The van der Waals surface area contributed by atoms with Crippen molar-refractivity contribution in [3.05, 3.63) is 53.6 Å². The molecule has 5 atom stereocenters. The van der Waals surface area contributed by atoms with Gasteiger partial charge in [0.1, 0.15) is 17.8 Å². The summed E-state index contributed by atoms with van der Waals surface area (Å²) in [7, 11) is 1.68. The number of likely N-dealkylation sites (tertiary alicyclic amines) is 2. The normalized spacial score (nSPS) is 22.2. The molecule has 0 aliphatic carbocycles. The van der Waals surface area contributed by atoms with E-state index in [0.717, 1.165) is 4.90 Å². The van der Waals surface area contributed by atoms with Gasteiger partial charge in [-0.1, -0.05) is 13.8 Å². The highest BCUT2D eigenvalue weighted by Gasteiger charge is 2.48. The van der Waals surface area contributed by atoms with Crippen molar-refractivity contribution in [3.8, 4) is 11.5 Å². The quantitative estimate of drug-likeness (QED) is 0.207. The van der Waals surface area contributed by atoms with Crippen molar-refractivity contribution in [1.82, 2.24) is 29.7 Å². The molecule has 2 amide bonds. The minimum Gasteiger partial charge on any atom is -0.352 e. The van der Waals surface area contributed by atoms with Gasteiger partial charge < -0.3 is 30.4 Å². The number of hydrogen-bond acceptors (Lipinski definition) is 5. The third-order valence-electron chi connectivity index (χ3n) is 9.75. The van der Waals surface area contributed by atoms with Gasteiger partial charge in [-0.25, -0.2) is 26.9 Å². The summed E-state index contributed by atoms with van der Waals surface area (Å²) in [6.45, 7) is 2.61. The highest BCUT2D eigenvalue weighted by atomic mass is 19.3. The van der Waals surface area contributed by atoms with E-state index in [4.69, 9.17) is 10.7 Å². The number of fused-ring (bicyclic) bond motifs is 2. The Morgan fingerprint density at radius 1 is 1.06 bits per heavy atom. The fourth-order valence-corrected chi connectivity index (χ4v) is 7.29. The number of nitrogens with zero attached hydrogens (tertiary/aromatic N) is 4. The van der Waals surface area contributed by atoms with Crippen LogP contribution in [0.3, 0.4) is 0 Å². The second-order valence-corrected chi connectivity index (χ2v) is 13.0. The number of carbonyl (C=O) groups is 2. The van der Waals surface area contributed by atoms with Crippen LogP contribution in [-0.4, -0.2) is 92.5 Å². The van der Waals surface area contributed by atoms with Crippen molar-refractivity contribution >= 4 is 33.8 Å². The molecular formula is C34H40F5N7O2. The van der Waals surface area contributed by atoms with Gasteiger partial charge in [-0.15, -0.1) is 0 Å². The van der Waals surface area contributed by atoms with Gasteiger partial charge in [-0.2, -0.15) is 0 Å². The van der Waals surface area contributed by atoms with Crippen LogP contribution in [0.1, 0.15) is 45.1 Å². The average molecular weight is 674 g/mol. The monoisotopic (exact) mass is 673 g/mol. The molecule has 2 aliphatic rings. The SMILES string of the molecule is CCC(N)C(=O)N1CC(F)(F)CC1Cn1c(-c2[nH]c3cc(F)ccc3c2CC2CC(F)CN2C(=O)C(CC)NC)nc2cc(F)ccc21. The number of benzene rings is 2. The smallest absolute Gasteiger partial charge is 0.267 e. The predicted octanol–water partition coefficient (Wildman–Crippen LogP) is 4.92. The number of likely N-dealkylation sites (N-methyl/N-ethyl adjacent to an activating group) is 1. The van der Waals surface area contributed by atoms with Crippen LogP contribution in [0, 0.1) is 11.6 Å². The van der Waals surface area contributed by atoms with Gasteiger partial charge in [-0.3, -0.25) is 9.59 Å². The third kappa shape index (κ3) is 6.27. The highest BCUT2D eigenvalue weighted by Crippen LogP contribution is 2.39. The molecule has 5 unspecified atom stereocenters. The molecule has 2 saturated heterocycles. The first-order chi connectivity index (χ1) is 22.8. The minimum atomic E-state index is -3.15. The lowest BCUT2D eigenvalue weighted by Crippen LogP contribution is -2.47. The molecule has 14 heteroatoms. The molecule has 48 heavy (non-hydrogen) atoms. The zero-order chi connectivity index (χ0) is 34.5. The number of carbonyl (C=O) groups excluding carboxylic acids is 2. The maximum atomic E-state index is 15.0. The van der Waals surface area contributed by atoms with Crippen molar-refractivity contribution < 1.29 is 31.5 Å². The first-order valence-electron chi connectivity index (χ1n) is 16.4. The van der Waals surface area contributed by atoms with Crippen molar-refractivity contribution in [2.24, 2.45) is 5.73 Å². The summed E-state index contributed by atoms with van der Waals surface area (Å²) in [5.74, 6) is -4.77. The molecule has 0 spiro atoms. The number of nitrogens with two attached hydrogens (primary N) is 1. The number of H-pyrrole nitrogens is 1. The molecule has 2 aromatic heterocycles. The third-order valence-corrected chi connectivity index (χ3v) is 9.75. The Morgan fingerprint density at radius 2 is 1.79 bits per heavy atom. The van der Waals surface area contributed by atoms with Crippen LogP contribution < -0.4 is 11.1 Å². The number of aromatic amines is 1. The largest absolute Gasteiger partial charge is 0.352 e. The van der Waals surface area contributed by atoms with Crippen molar-refractivity contribution in [1.29, 1.82) is 0 Å². The van der Waals surface area contributed by atoms with Crippen LogP contribution in [0.2, 0.25) is 0 Å². The first kappa shape index (κ1) is 33.8. The topological polar surface area (TPSA) is 112 Å². The van der Waals surface area contributed by atoms with E-state index in [-0.39, 0.29) is 49.6 Å². The lowest BCUT2D eigenvalue weighted by Gasteiger charge is -2.28. The number of nitrogens with one attached hydrogen (secondary N) is 2. The molecule has 9 nitrogen and oxygen atoms in total. The van der Waals surface area contributed by atoms with Crippen LogP contribution in [0.5, 0.6) is 0 Å². The summed E-state index contributed by atoms with van der Waals surface area (Å²) in [6, 6.07) is 5.21. The fraction of sp³-hybridized carbons (Fsp3) is 0.500. The van der Waals surface area contributed by atoms with Gasteiger partial charge in [0, 0.05) is 42.4 Å². The van der Waals surface area contributed by atoms with Crippen molar-refractivity contribution in [2.75, 3.05) is 20.1 Å². The van der Waals surface area contributed by atoms with E-state index in [1.807, 2.05) is 6.92 Å². The summed E-state index contributed by atoms with van der Waals surface area (Å²) in [5.41, 5.74) is 8.10.